The quantitative estimate of drug-likeness (QED) is 0.734. The Balaban J connectivity index is 2.01. The molecule has 2 aromatic rings. The van der Waals surface area contributed by atoms with Crippen molar-refractivity contribution in [3.05, 3.63) is 38.3 Å². The maximum Gasteiger partial charge on any atom is 0.205 e. The molecule has 22 heavy (non-hydrogen) atoms. The lowest BCUT2D eigenvalue weighted by atomic mass is 10.1. The summed E-state index contributed by atoms with van der Waals surface area (Å²) in [6, 6.07) is 8.35. The first-order valence-corrected chi connectivity index (χ1v) is 9.04. The van der Waals surface area contributed by atoms with Gasteiger partial charge in [-0.3, -0.25) is 4.90 Å². The number of nitrogens with zero attached hydrogens (tertiary/aromatic N) is 3. The fourth-order valence-corrected chi connectivity index (χ4v) is 3.41. The Hall–Kier alpha value is -0.760. The molecule has 0 unspecified atom stereocenters. The Labute approximate surface area is 149 Å². The summed E-state index contributed by atoms with van der Waals surface area (Å²) in [4.78, 5) is 2.19. The van der Waals surface area contributed by atoms with E-state index in [1.54, 1.807) is 0 Å². The molecule has 0 aliphatic carbocycles. The first kappa shape index (κ1) is 17.6. The second kappa shape index (κ2) is 7.21. The van der Waals surface area contributed by atoms with Crippen LogP contribution < -0.4 is 5.32 Å². The zero-order valence-electron chi connectivity index (χ0n) is 13.3. The second-order valence-electron chi connectivity index (χ2n) is 6.33. The van der Waals surface area contributed by atoms with Gasteiger partial charge >= 0.3 is 0 Å². The topological polar surface area (TPSA) is 33.1 Å². The molecule has 0 fully saturated rings. The monoisotopic (exact) mass is 400 g/mol. The molecule has 0 saturated heterocycles. The number of nitrogens with one attached hydrogen (secondary N) is 1. The van der Waals surface area contributed by atoms with E-state index in [0.717, 1.165) is 20.1 Å². The third-order valence-electron chi connectivity index (χ3n) is 2.83. The van der Waals surface area contributed by atoms with Gasteiger partial charge in [0.05, 0.1) is 6.67 Å². The van der Waals surface area contributed by atoms with Crippen molar-refractivity contribution < 1.29 is 0 Å². The van der Waals surface area contributed by atoms with Gasteiger partial charge in [-0.15, -0.1) is 5.10 Å². The molecule has 0 spiro atoms. The molecule has 0 aliphatic rings. The second-order valence-corrected chi connectivity index (χ2v) is 8.87. The van der Waals surface area contributed by atoms with E-state index in [4.69, 9.17) is 12.2 Å². The predicted octanol–water partition coefficient (Wildman–Crippen LogP) is 4.74. The first-order valence-electron chi connectivity index (χ1n) is 7.02. The number of hydrogen-bond acceptors (Lipinski definition) is 5. The fraction of sp³-hybridized carbons (Fsp3) is 0.467. The first-order chi connectivity index (χ1) is 10.2. The van der Waals surface area contributed by atoms with E-state index in [0.29, 0.717) is 6.67 Å². The number of hydrogen-bond donors (Lipinski definition) is 1. The molecule has 0 bridgehead atoms. The molecule has 1 aromatic heterocycles. The van der Waals surface area contributed by atoms with Crippen LogP contribution in [0.3, 0.4) is 0 Å². The van der Waals surface area contributed by atoms with E-state index in [1.807, 2.05) is 4.68 Å². The third kappa shape index (κ3) is 5.46. The van der Waals surface area contributed by atoms with Crippen LogP contribution in [0.15, 0.2) is 28.7 Å². The van der Waals surface area contributed by atoms with Crippen LogP contribution in [0.2, 0.25) is 0 Å². The molecule has 1 N–H and O–H groups in total. The van der Waals surface area contributed by atoms with Gasteiger partial charge in [-0.25, -0.2) is 4.68 Å². The summed E-state index contributed by atoms with van der Waals surface area (Å²) in [7, 11) is 2.07. The lowest BCUT2D eigenvalue weighted by Gasteiger charge is -2.19. The molecule has 1 aromatic carbocycles. The average molecular weight is 401 g/mol. The highest BCUT2D eigenvalue weighted by molar-refractivity contribution is 9.10. The van der Waals surface area contributed by atoms with Crippen LogP contribution in [0.25, 0.3) is 0 Å². The standard InChI is InChI=1S/C15H21BrN4S2/c1-15(2,3)17-13-18-20(14(21)22-13)10-19(4)9-11-5-7-12(16)8-6-11/h5-8H,9-10H2,1-4H3,(H,17,18). The minimum atomic E-state index is -0.0131. The molecule has 4 nitrogen and oxygen atoms in total. The van der Waals surface area contributed by atoms with Crippen molar-refractivity contribution in [3.8, 4) is 0 Å². The molecular weight excluding hydrogens is 380 g/mol. The largest absolute Gasteiger partial charge is 0.356 e. The zero-order valence-corrected chi connectivity index (χ0v) is 16.5. The Bertz CT molecular complexity index is 670. The molecule has 0 atom stereocenters. The van der Waals surface area contributed by atoms with Crippen molar-refractivity contribution in [1.29, 1.82) is 0 Å². The Morgan fingerprint density at radius 2 is 1.95 bits per heavy atom. The fourth-order valence-electron chi connectivity index (χ4n) is 1.95. The highest BCUT2D eigenvalue weighted by Gasteiger charge is 2.13. The Morgan fingerprint density at radius 1 is 1.32 bits per heavy atom. The summed E-state index contributed by atoms with van der Waals surface area (Å²) in [6.07, 6.45) is 0. The number of benzene rings is 1. The van der Waals surface area contributed by atoms with E-state index in [-0.39, 0.29) is 5.54 Å². The van der Waals surface area contributed by atoms with Crippen LogP contribution in [0.5, 0.6) is 0 Å². The van der Waals surface area contributed by atoms with Crippen LogP contribution in [-0.4, -0.2) is 27.3 Å². The lowest BCUT2D eigenvalue weighted by Crippen LogP contribution is -2.26. The van der Waals surface area contributed by atoms with Crippen LogP contribution >= 0.6 is 39.5 Å². The average Bonchev–Trinajstić information content (AvgIpc) is 2.70. The van der Waals surface area contributed by atoms with Crippen LogP contribution in [0, 0.1) is 3.95 Å². The van der Waals surface area contributed by atoms with Crippen molar-refractivity contribution in [2.24, 2.45) is 0 Å². The highest BCUT2D eigenvalue weighted by atomic mass is 79.9. The molecule has 0 radical (unpaired) electrons. The molecule has 1 heterocycles. The van der Waals surface area contributed by atoms with E-state index in [1.165, 1.54) is 16.9 Å². The molecule has 0 amide bonds. The van der Waals surface area contributed by atoms with Gasteiger partial charge in [0.2, 0.25) is 5.13 Å². The minimum absolute atomic E-state index is 0.0131. The van der Waals surface area contributed by atoms with E-state index < -0.39 is 0 Å². The van der Waals surface area contributed by atoms with Gasteiger partial charge < -0.3 is 5.32 Å². The molecular formula is C15H21BrN4S2. The van der Waals surface area contributed by atoms with Crippen LogP contribution in [0.4, 0.5) is 5.13 Å². The summed E-state index contributed by atoms with van der Waals surface area (Å²) in [6.45, 7) is 7.87. The van der Waals surface area contributed by atoms with Gasteiger partial charge in [-0.05, 0) is 57.7 Å². The number of rotatable bonds is 5. The van der Waals surface area contributed by atoms with E-state index in [9.17, 15) is 0 Å². The summed E-state index contributed by atoms with van der Waals surface area (Å²) in [5.74, 6) is 0. The Kier molecular flexibility index (Phi) is 5.76. The maximum absolute atomic E-state index is 5.41. The summed E-state index contributed by atoms with van der Waals surface area (Å²) in [5, 5.41) is 8.80. The zero-order chi connectivity index (χ0) is 16.3. The molecule has 7 heteroatoms. The van der Waals surface area contributed by atoms with Gasteiger partial charge in [0.1, 0.15) is 0 Å². The van der Waals surface area contributed by atoms with Crippen molar-refractivity contribution in [1.82, 2.24) is 14.7 Å². The normalized spacial score (nSPS) is 11.9. The van der Waals surface area contributed by atoms with E-state index in [2.05, 4.69) is 83.3 Å². The number of aromatic nitrogens is 2. The van der Waals surface area contributed by atoms with Crippen LogP contribution in [-0.2, 0) is 13.2 Å². The van der Waals surface area contributed by atoms with Gasteiger partial charge in [-0.1, -0.05) is 39.4 Å². The number of anilines is 1. The number of halogens is 1. The van der Waals surface area contributed by atoms with Crippen molar-refractivity contribution in [2.45, 2.75) is 39.5 Å². The summed E-state index contributed by atoms with van der Waals surface area (Å²) in [5.41, 5.74) is 1.25. The highest BCUT2D eigenvalue weighted by Crippen LogP contribution is 2.19. The smallest absolute Gasteiger partial charge is 0.205 e. The van der Waals surface area contributed by atoms with E-state index >= 15 is 0 Å². The minimum Gasteiger partial charge on any atom is -0.356 e. The Morgan fingerprint density at radius 3 is 2.55 bits per heavy atom. The molecule has 0 aliphatic heterocycles. The van der Waals surface area contributed by atoms with Gasteiger partial charge in [-0.2, -0.15) is 0 Å². The van der Waals surface area contributed by atoms with Gasteiger partial charge in [0, 0.05) is 16.6 Å². The predicted molar refractivity (Wildman–Crippen MR) is 99.9 cm³/mol. The summed E-state index contributed by atoms with van der Waals surface area (Å²) >= 11 is 10.4. The van der Waals surface area contributed by atoms with Gasteiger partial charge in [0.15, 0.2) is 3.95 Å². The SMILES string of the molecule is CN(Cc1ccc(Br)cc1)Cn1nc(NC(C)(C)C)sc1=S. The summed E-state index contributed by atoms with van der Waals surface area (Å²) < 4.78 is 3.75. The van der Waals surface area contributed by atoms with Gasteiger partial charge in [0.25, 0.3) is 0 Å². The van der Waals surface area contributed by atoms with Crippen molar-refractivity contribution >= 4 is 44.6 Å². The van der Waals surface area contributed by atoms with Crippen molar-refractivity contribution in [2.75, 3.05) is 12.4 Å². The lowest BCUT2D eigenvalue weighted by molar-refractivity contribution is 0.245. The maximum atomic E-state index is 5.41. The van der Waals surface area contributed by atoms with Crippen molar-refractivity contribution in [3.63, 3.8) is 0 Å². The van der Waals surface area contributed by atoms with Crippen LogP contribution in [0.1, 0.15) is 26.3 Å². The molecule has 2 rings (SSSR count). The molecule has 120 valence electrons. The third-order valence-corrected chi connectivity index (χ3v) is 4.58. The molecule has 0 saturated carbocycles.